The average molecular weight is 337 g/mol. The van der Waals surface area contributed by atoms with Crippen molar-refractivity contribution >= 4 is 33.7 Å². The Balaban J connectivity index is 2.13. The molecule has 1 aromatic carbocycles. The molecule has 3 aromatic rings. The molecular weight excluding hydrogens is 328 g/mol. The molecule has 8 heteroatoms. The van der Waals surface area contributed by atoms with Crippen molar-refractivity contribution in [3.63, 3.8) is 0 Å². The van der Waals surface area contributed by atoms with Gasteiger partial charge in [0.05, 0.1) is 6.54 Å². The van der Waals surface area contributed by atoms with Crippen molar-refractivity contribution < 1.29 is 9.90 Å². The van der Waals surface area contributed by atoms with Gasteiger partial charge in [0.2, 0.25) is 0 Å². The van der Waals surface area contributed by atoms with Gasteiger partial charge in [-0.05, 0) is 17.7 Å². The van der Waals surface area contributed by atoms with E-state index in [1.54, 1.807) is 24.3 Å². The first-order valence-electron chi connectivity index (χ1n) is 6.19. The number of rotatable bonds is 3. The number of aromatic carboxylic acids is 1. The number of halogens is 1. The summed E-state index contributed by atoms with van der Waals surface area (Å²) in [5, 5.41) is 9.54. The van der Waals surface area contributed by atoms with Crippen molar-refractivity contribution in [2.45, 2.75) is 6.54 Å². The van der Waals surface area contributed by atoms with Gasteiger partial charge in [-0.1, -0.05) is 23.7 Å². The van der Waals surface area contributed by atoms with Crippen LogP contribution < -0.4 is 11.2 Å². The van der Waals surface area contributed by atoms with E-state index in [1.807, 2.05) is 0 Å². The van der Waals surface area contributed by atoms with Gasteiger partial charge in [-0.2, -0.15) is 0 Å². The van der Waals surface area contributed by atoms with Gasteiger partial charge >= 0.3 is 11.7 Å². The molecule has 3 rings (SSSR count). The fourth-order valence-electron chi connectivity index (χ4n) is 2.04. The third-order valence-electron chi connectivity index (χ3n) is 3.11. The van der Waals surface area contributed by atoms with Crippen LogP contribution in [0, 0.1) is 0 Å². The summed E-state index contributed by atoms with van der Waals surface area (Å²) < 4.78 is 2.22. The molecule has 0 spiro atoms. The maximum atomic E-state index is 12.4. The molecule has 6 nitrogen and oxygen atoms in total. The van der Waals surface area contributed by atoms with Gasteiger partial charge in [0.1, 0.15) is 9.71 Å². The lowest BCUT2D eigenvalue weighted by Crippen LogP contribution is -2.36. The van der Waals surface area contributed by atoms with Crippen LogP contribution in [0.25, 0.3) is 4.83 Å². The summed E-state index contributed by atoms with van der Waals surface area (Å²) >= 11 is 6.68. The normalized spacial score (nSPS) is 11.0. The van der Waals surface area contributed by atoms with Crippen molar-refractivity contribution in [2.24, 2.45) is 0 Å². The molecule has 2 aromatic heterocycles. The first-order chi connectivity index (χ1) is 10.5. The molecule has 0 saturated carbocycles. The highest BCUT2D eigenvalue weighted by molar-refractivity contribution is 7.19. The molecule has 1 N–H and O–H groups in total. The third-order valence-corrected chi connectivity index (χ3v) is 4.39. The van der Waals surface area contributed by atoms with Gasteiger partial charge in [0.25, 0.3) is 5.56 Å². The van der Waals surface area contributed by atoms with Crippen LogP contribution in [0.1, 0.15) is 15.2 Å². The molecule has 0 aliphatic carbocycles. The maximum Gasteiger partial charge on any atom is 0.347 e. The molecule has 0 bridgehead atoms. The molecule has 2 heterocycles. The summed E-state index contributed by atoms with van der Waals surface area (Å²) in [7, 11) is 0. The van der Waals surface area contributed by atoms with Crippen molar-refractivity contribution in [1.82, 2.24) is 8.97 Å². The fourth-order valence-corrected chi connectivity index (χ4v) is 3.03. The summed E-state index contributed by atoms with van der Waals surface area (Å²) in [5.74, 6) is -1.13. The fraction of sp³-hybridized carbons (Fsp3) is 0.0714. The number of carbonyl (C=O) groups is 1. The first-order valence-corrected chi connectivity index (χ1v) is 7.39. The zero-order chi connectivity index (χ0) is 15.9. The maximum absolute atomic E-state index is 12.4. The second-order valence-electron chi connectivity index (χ2n) is 4.59. The minimum absolute atomic E-state index is 0.000688. The Kier molecular flexibility index (Phi) is 3.59. The molecule has 0 aliphatic rings. The Bertz CT molecular complexity index is 985. The predicted molar refractivity (Wildman–Crippen MR) is 83.3 cm³/mol. The SMILES string of the molecule is O=C(O)c1cn2c(=O)n(Cc3ccc(Cl)cc3)c(=O)cc2s1. The topological polar surface area (TPSA) is 80.8 Å². The number of aromatic nitrogens is 2. The Morgan fingerprint density at radius 1 is 1.23 bits per heavy atom. The summed E-state index contributed by atoms with van der Waals surface area (Å²) in [5.41, 5.74) is -0.294. The average Bonchev–Trinajstić information content (AvgIpc) is 2.90. The van der Waals surface area contributed by atoms with Gasteiger partial charge in [-0.15, -0.1) is 11.3 Å². The van der Waals surface area contributed by atoms with Crippen LogP contribution in [0.15, 0.2) is 46.1 Å². The van der Waals surface area contributed by atoms with Crippen LogP contribution in [-0.2, 0) is 6.54 Å². The molecule has 112 valence electrons. The highest BCUT2D eigenvalue weighted by atomic mass is 35.5. The molecule has 22 heavy (non-hydrogen) atoms. The van der Waals surface area contributed by atoms with E-state index in [-0.39, 0.29) is 11.4 Å². The Morgan fingerprint density at radius 3 is 2.55 bits per heavy atom. The number of thiazole rings is 1. The predicted octanol–water partition coefficient (Wildman–Crippen LogP) is 1.92. The van der Waals surface area contributed by atoms with E-state index in [0.29, 0.717) is 9.85 Å². The monoisotopic (exact) mass is 336 g/mol. The lowest BCUT2D eigenvalue weighted by molar-refractivity contribution is 0.0701. The van der Waals surface area contributed by atoms with Gasteiger partial charge in [0, 0.05) is 17.3 Å². The van der Waals surface area contributed by atoms with Gasteiger partial charge < -0.3 is 5.11 Å². The van der Waals surface area contributed by atoms with E-state index in [4.69, 9.17) is 16.7 Å². The summed E-state index contributed by atoms with van der Waals surface area (Å²) in [6.45, 7) is 0.0933. The van der Waals surface area contributed by atoms with Gasteiger partial charge in [0.15, 0.2) is 0 Å². The second-order valence-corrected chi connectivity index (χ2v) is 6.09. The summed E-state index contributed by atoms with van der Waals surface area (Å²) in [6.07, 6.45) is 1.22. The highest BCUT2D eigenvalue weighted by Crippen LogP contribution is 2.15. The molecule has 0 amide bonds. The van der Waals surface area contributed by atoms with Crippen LogP contribution in [-0.4, -0.2) is 20.0 Å². The molecule has 0 saturated heterocycles. The zero-order valence-electron chi connectivity index (χ0n) is 11.0. The zero-order valence-corrected chi connectivity index (χ0v) is 12.6. The summed E-state index contributed by atoms with van der Waals surface area (Å²) in [4.78, 5) is 35.7. The number of carboxylic acids is 1. The van der Waals surface area contributed by atoms with Gasteiger partial charge in [-0.3, -0.25) is 13.8 Å². The van der Waals surface area contributed by atoms with Crippen LogP contribution in [0.3, 0.4) is 0 Å². The summed E-state index contributed by atoms with van der Waals surface area (Å²) in [6, 6.07) is 8.05. The molecule has 0 aliphatic heterocycles. The lowest BCUT2D eigenvalue weighted by atomic mass is 10.2. The van der Waals surface area contributed by atoms with E-state index in [2.05, 4.69) is 0 Å². The van der Waals surface area contributed by atoms with E-state index < -0.39 is 17.2 Å². The number of hydrogen-bond acceptors (Lipinski definition) is 4. The number of nitrogens with zero attached hydrogens (tertiary/aromatic N) is 2. The quantitative estimate of drug-likeness (QED) is 0.792. The van der Waals surface area contributed by atoms with Gasteiger partial charge in [-0.25, -0.2) is 9.59 Å². The highest BCUT2D eigenvalue weighted by Gasteiger charge is 2.13. The molecule has 0 fully saturated rings. The molecule has 0 radical (unpaired) electrons. The van der Waals surface area contributed by atoms with E-state index >= 15 is 0 Å². The minimum Gasteiger partial charge on any atom is -0.477 e. The number of hydrogen-bond donors (Lipinski definition) is 1. The third kappa shape index (κ3) is 2.56. The number of benzene rings is 1. The van der Waals surface area contributed by atoms with E-state index in [0.717, 1.165) is 21.5 Å². The van der Waals surface area contributed by atoms with Crippen LogP contribution >= 0.6 is 22.9 Å². The van der Waals surface area contributed by atoms with Crippen molar-refractivity contribution in [3.8, 4) is 0 Å². The Labute approximate surface area is 132 Å². The molecule has 0 atom stereocenters. The molecule has 0 unspecified atom stereocenters. The standard InChI is InChI=1S/C14H9ClN2O4S/c15-9-3-1-8(2-4-9)6-16-11(18)5-12-17(14(16)21)7-10(22-12)13(19)20/h1-5,7H,6H2,(H,19,20). The van der Waals surface area contributed by atoms with Crippen molar-refractivity contribution in [3.05, 3.63) is 72.8 Å². The van der Waals surface area contributed by atoms with Crippen LogP contribution in [0.4, 0.5) is 0 Å². The largest absolute Gasteiger partial charge is 0.477 e. The van der Waals surface area contributed by atoms with E-state index in [1.165, 1.54) is 16.7 Å². The van der Waals surface area contributed by atoms with E-state index in [9.17, 15) is 14.4 Å². The minimum atomic E-state index is -1.13. The number of carboxylic acid groups (broad SMARTS) is 1. The lowest BCUT2D eigenvalue weighted by Gasteiger charge is -2.05. The Hall–Kier alpha value is -2.38. The first kappa shape index (κ1) is 14.6. The second kappa shape index (κ2) is 5.43. The number of fused-ring (bicyclic) bond motifs is 1. The Morgan fingerprint density at radius 2 is 1.91 bits per heavy atom. The van der Waals surface area contributed by atoms with Crippen LogP contribution in [0.5, 0.6) is 0 Å². The van der Waals surface area contributed by atoms with Crippen molar-refractivity contribution in [2.75, 3.05) is 0 Å². The smallest absolute Gasteiger partial charge is 0.347 e. The van der Waals surface area contributed by atoms with Crippen LogP contribution in [0.2, 0.25) is 5.02 Å². The van der Waals surface area contributed by atoms with Crippen molar-refractivity contribution in [1.29, 1.82) is 0 Å². The molecular formula is C14H9ClN2O4S.